The third kappa shape index (κ3) is 4.55. The molecule has 0 saturated carbocycles. The second kappa shape index (κ2) is 6.07. The highest BCUT2D eigenvalue weighted by Gasteiger charge is 2.09. The van der Waals surface area contributed by atoms with Crippen molar-refractivity contribution >= 4 is 26.7 Å². The van der Waals surface area contributed by atoms with Gasteiger partial charge in [-0.05, 0) is 24.3 Å². The lowest BCUT2D eigenvalue weighted by atomic mass is 10.2. The van der Waals surface area contributed by atoms with Gasteiger partial charge in [-0.3, -0.25) is 9.00 Å². The second-order valence-corrected chi connectivity index (χ2v) is 6.72. The van der Waals surface area contributed by atoms with E-state index in [1.54, 1.807) is 6.26 Å². The van der Waals surface area contributed by atoms with Crippen molar-refractivity contribution in [1.82, 2.24) is 5.32 Å². The summed E-state index contributed by atoms with van der Waals surface area (Å²) < 4.78 is 32.8. The Bertz CT molecular complexity index is 552. The molecule has 0 heterocycles. The number of hydrogen-bond acceptors (Lipinski definition) is 4. The van der Waals surface area contributed by atoms with Crippen LogP contribution >= 0.6 is 0 Å². The van der Waals surface area contributed by atoms with Gasteiger partial charge in [0.15, 0.2) is 0 Å². The van der Waals surface area contributed by atoms with E-state index in [0.29, 0.717) is 17.9 Å². The summed E-state index contributed by atoms with van der Waals surface area (Å²) in [6.07, 6.45) is 1.55. The molecule has 18 heavy (non-hydrogen) atoms. The summed E-state index contributed by atoms with van der Waals surface area (Å²) in [6, 6.07) is 5.28. The predicted molar refractivity (Wildman–Crippen MR) is 69.1 cm³/mol. The number of carbonyl (C=O) groups is 1. The maximum atomic E-state index is 11.6. The van der Waals surface area contributed by atoms with E-state index in [2.05, 4.69) is 5.32 Å². The molecule has 1 atom stereocenters. The zero-order valence-electron chi connectivity index (χ0n) is 9.75. The standard InChI is InChI=1S/C10H14N2O4S2/c1-17(14)7-6-12-10(13)8-2-4-9(5-3-8)18(11,15)16/h2-5H,6-7H2,1H3,(H,12,13)(H2,11,15,16). The first-order valence-electron chi connectivity index (χ1n) is 5.02. The van der Waals surface area contributed by atoms with Crippen LogP contribution in [0.4, 0.5) is 0 Å². The summed E-state index contributed by atoms with van der Waals surface area (Å²) in [6.45, 7) is 0.304. The molecule has 1 rings (SSSR count). The lowest BCUT2D eigenvalue weighted by molar-refractivity contribution is 0.0956. The Kier molecular flexibility index (Phi) is 5.00. The summed E-state index contributed by atoms with van der Waals surface area (Å²) in [5.41, 5.74) is 0.323. The fourth-order valence-electron chi connectivity index (χ4n) is 1.21. The van der Waals surface area contributed by atoms with Crippen molar-refractivity contribution in [1.29, 1.82) is 0 Å². The molecule has 1 amide bonds. The minimum Gasteiger partial charge on any atom is -0.351 e. The maximum Gasteiger partial charge on any atom is 0.251 e. The van der Waals surface area contributed by atoms with Crippen LogP contribution in [0.5, 0.6) is 0 Å². The number of primary sulfonamides is 1. The Morgan fingerprint density at radius 2 is 1.89 bits per heavy atom. The van der Waals surface area contributed by atoms with E-state index >= 15 is 0 Å². The molecule has 0 aromatic heterocycles. The topological polar surface area (TPSA) is 106 Å². The highest BCUT2D eigenvalue weighted by molar-refractivity contribution is 7.89. The van der Waals surface area contributed by atoms with Gasteiger partial charge in [0.25, 0.3) is 5.91 Å². The van der Waals surface area contributed by atoms with Gasteiger partial charge in [0.1, 0.15) is 0 Å². The van der Waals surface area contributed by atoms with Gasteiger partial charge < -0.3 is 5.32 Å². The first kappa shape index (κ1) is 14.8. The molecule has 6 nitrogen and oxygen atoms in total. The Morgan fingerprint density at radius 3 is 2.33 bits per heavy atom. The predicted octanol–water partition coefficient (Wildman–Crippen LogP) is -0.558. The van der Waals surface area contributed by atoms with E-state index in [0.717, 1.165) is 0 Å². The molecule has 0 fully saturated rings. The van der Waals surface area contributed by atoms with Crippen LogP contribution in [0, 0.1) is 0 Å². The SMILES string of the molecule is CS(=O)CCNC(=O)c1ccc(S(N)(=O)=O)cc1. The summed E-state index contributed by atoms with van der Waals surface area (Å²) in [7, 11) is -4.71. The first-order valence-corrected chi connectivity index (χ1v) is 8.29. The van der Waals surface area contributed by atoms with Crippen molar-refractivity contribution in [2.75, 3.05) is 18.6 Å². The summed E-state index contributed by atoms with van der Waals surface area (Å²) in [4.78, 5) is 11.5. The van der Waals surface area contributed by atoms with Crippen LogP contribution < -0.4 is 10.5 Å². The smallest absolute Gasteiger partial charge is 0.251 e. The van der Waals surface area contributed by atoms with Gasteiger partial charge in [-0.15, -0.1) is 0 Å². The average molecular weight is 290 g/mol. The summed E-state index contributed by atoms with van der Waals surface area (Å²) in [5.74, 6) is 0.0301. The molecule has 3 N–H and O–H groups in total. The van der Waals surface area contributed by atoms with Gasteiger partial charge in [-0.1, -0.05) is 0 Å². The number of sulfonamides is 1. The van der Waals surface area contributed by atoms with Crippen molar-refractivity contribution in [3.8, 4) is 0 Å². The molecule has 100 valence electrons. The monoisotopic (exact) mass is 290 g/mol. The zero-order valence-corrected chi connectivity index (χ0v) is 11.4. The van der Waals surface area contributed by atoms with Crippen molar-refractivity contribution in [3.63, 3.8) is 0 Å². The fraction of sp³-hybridized carbons (Fsp3) is 0.300. The van der Waals surface area contributed by atoms with Crippen LogP contribution in [0.1, 0.15) is 10.4 Å². The summed E-state index contributed by atoms with van der Waals surface area (Å²) >= 11 is 0. The molecule has 1 unspecified atom stereocenters. The van der Waals surface area contributed by atoms with Crippen LogP contribution in [0.2, 0.25) is 0 Å². The van der Waals surface area contributed by atoms with E-state index < -0.39 is 20.8 Å². The Morgan fingerprint density at radius 1 is 1.33 bits per heavy atom. The fourth-order valence-corrected chi connectivity index (χ4v) is 2.11. The molecule has 0 aliphatic heterocycles. The van der Waals surface area contributed by atoms with Crippen molar-refractivity contribution in [3.05, 3.63) is 29.8 Å². The van der Waals surface area contributed by atoms with E-state index in [1.807, 2.05) is 0 Å². The maximum absolute atomic E-state index is 11.6. The molecule has 0 spiro atoms. The third-order valence-corrected chi connectivity index (χ3v) is 3.83. The van der Waals surface area contributed by atoms with Crippen LogP contribution in [-0.2, 0) is 20.8 Å². The number of benzene rings is 1. The number of carbonyl (C=O) groups excluding carboxylic acids is 1. The van der Waals surface area contributed by atoms with Gasteiger partial charge >= 0.3 is 0 Å². The van der Waals surface area contributed by atoms with Gasteiger partial charge in [0, 0.05) is 34.9 Å². The van der Waals surface area contributed by atoms with Crippen molar-refractivity contribution in [2.24, 2.45) is 5.14 Å². The van der Waals surface area contributed by atoms with Crippen LogP contribution in [-0.4, -0.2) is 37.1 Å². The normalized spacial score (nSPS) is 13.0. The van der Waals surface area contributed by atoms with Gasteiger partial charge in [0.2, 0.25) is 10.0 Å². The Hall–Kier alpha value is -1.25. The van der Waals surface area contributed by atoms with E-state index in [9.17, 15) is 17.4 Å². The largest absolute Gasteiger partial charge is 0.351 e. The minimum atomic E-state index is -3.75. The van der Waals surface area contributed by atoms with Crippen LogP contribution in [0.15, 0.2) is 29.2 Å². The Labute approximate surface area is 108 Å². The van der Waals surface area contributed by atoms with Crippen molar-refractivity contribution in [2.45, 2.75) is 4.90 Å². The highest BCUT2D eigenvalue weighted by Crippen LogP contribution is 2.08. The third-order valence-electron chi connectivity index (χ3n) is 2.12. The number of nitrogens with two attached hydrogens (primary N) is 1. The number of hydrogen-bond donors (Lipinski definition) is 2. The average Bonchev–Trinajstić information content (AvgIpc) is 2.27. The quantitative estimate of drug-likeness (QED) is 0.758. The molecular weight excluding hydrogens is 276 g/mol. The van der Waals surface area contributed by atoms with Crippen molar-refractivity contribution < 1.29 is 17.4 Å². The number of rotatable bonds is 5. The lowest BCUT2D eigenvalue weighted by Crippen LogP contribution is -2.27. The molecule has 0 bridgehead atoms. The molecule has 0 aliphatic carbocycles. The van der Waals surface area contributed by atoms with E-state index in [-0.39, 0.29) is 10.8 Å². The molecule has 0 aliphatic rings. The number of nitrogens with one attached hydrogen (secondary N) is 1. The summed E-state index contributed by atoms with van der Waals surface area (Å²) in [5, 5.41) is 7.51. The van der Waals surface area contributed by atoms with Gasteiger partial charge in [-0.2, -0.15) is 0 Å². The molecular formula is C10H14N2O4S2. The zero-order chi connectivity index (χ0) is 13.8. The molecule has 0 radical (unpaired) electrons. The van der Waals surface area contributed by atoms with Gasteiger partial charge in [0.05, 0.1) is 4.90 Å². The molecule has 1 aromatic carbocycles. The first-order chi connectivity index (χ1) is 8.30. The molecule has 0 saturated heterocycles. The van der Waals surface area contributed by atoms with Crippen LogP contribution in [0.3, 0.4) is 0 Å². The number of amides is 1. The second-order valence-electron chi connectivity index (χ2n) is 3.60. The lowest BCUT2D eigenvalue weighted by Gasteiger charge is -2.04. The Balaban J connectivity index is 2.68. The molecule has 8 heteroatoms. The minimum absolute atomic E-state index is 0.0475. The van der Waals surface area contributed by atoms with Crippen LogP contribution in [0.25, 0.3) is 0 Å². The van der Waals surface area contributed by atoms with E-state index in [1.165, 1.54) is 24.3 Å². The highest BCUT2D eigenvalue weighted by atomic mass is 32.2. The van der Waals surface area contributed by atoms with E-state index in [4.69, 9.17) is 5.14 Å². The van der Waals surface area contributed by atoms with Gasteiger partial charge in [-0.25, -0.2) is 13.6 Å². The molecule has 1 aromatic rings.